The molecule has 0 atom stereocenters. The average molecular weight is 352 g/mol. The van der Waals surface area contributed by atoms with Crippen molar-refractivity contribution in [2.45, 2.75) is 0 Å². The van der Waals surface area contributed by atoms with Gasteiger partial charge in [-0.1, -0.05) is 0 Å². The number of hydrogen-bond acceptors (Lipinski definition) is 0. The van der Waals surface area contributed by atoms with Gasteiger partial charge in [-0.3, -0.25) is 0 Å². The summed E-state index contributed by atoms with van der Waals surface area (Å²) < 4.78 is 0. The molecule has 0 unspecified atom stereocenters. The normalized spacial score (nSPS) is 0. The molecule has 0 aromatic heterocycles. The summed E-state index contributed by atoms with van der Waals surface area (Å²) in [4.78, 5) is 0. The maximum absolute atomic E-state index is 0. The van der Waals surface area contributed by atoms with Crippen LogP contribution in [0.25, 0.3) is 0 Å². The predicted molar refractivity (Wildman–Crippen MR) is 0.686 cm³/mol. The van der Waals surface area contributed by atoms with Gasteiger partial charge in [0.05, 0.1) is 0 Å². The van der Waals surface area contributed by atoms with Crippen molar-refractivity contribution in [1.29, 1.82) is 0 Å². The van der Waals surface area contributed by atoms with Gasteiger partial charge in [0, 0.05) is 21.1 Å². The van der Waals surface area contributed by atoms with Crippen molar-refractivity contribution in [2.24, 2.45) is 0 Å². The molecule has 0 saturated heterocycles. The van der Waals surface area contributed by atoms with Crippen LogP contribution in [0.3, 0.4) is 0 Å². The molecule has 0 amide bonds. The molecule has 0 heterocycles. The average Bonchev–Trinajstić information content (AvgIpc) is 0. The second-order valence-corrected chi connectivity index (χ2v) is 0. The number of rotatable bonds is 0. The molecule has 4 heavy (non-hydrogen) atoms. The Morgan fingerprint density at radius 2 is 1.00 bits per heavy atom. The minimum absolute atomic E-state index is 0. The third-order valence-electron chi connectivity index (χ3n) is 0. The summed E-state index contributed by atoms with van der Waals surface area (Å²) in [6.07, 6.45) is 0. The van der Waals surface area contributed by atoms with Gasteiger partial charge < -0.3 is 5.48 Å². The van der Waals surface area contributed by atoms with Gasteiger partial charge in [-0.05, 0) is 0 Å². The van der Waals surface area contributed by atoms with Crippen molar-refractivity contribution in [3.63, 3.8) is 0 Å². The van der Waals surface area contributed by atoms with E-state index in [9.17, 15) is 0 Å². The van der Waals surface area contributed by atoms with Crippen LogP contribution in [0.5, 0.6) is 0 Å². The summed E-state index contributed by atoms with van der Waals surface area (Å²) in [5, 5.41) is 0. The van der Waals surface area contributed by atoms with Crippen LogP contribution in [-0.4, -0.2) is 0 Å². The Morgan fingerprint density at radius 1 is 1.00 bits per heavy atom. The van der Waals surface area contributed by atoms with Crippen LogP contribution in [0.4, 0.5) is 0 Å². The minimum atomic E-state index is 0. The van der Waals surface area contributed by atoms with E-state index in [0.717, 1.165) is 0 Å². The Labute approximate surface area is 65.2 Å². The quantitative estimate of drug-likeness (QED) is 0.544. The maximum atomic E-state index is 0. The zero-order valence-corrected chi connectivity index (χ0v) is 7.77. The molecule has 0 aliphatic heterocycles. The molecule has 0 spiro atoms. The molecule has 0 N–H and O–H groups in total. The molecule has 0 fully saturated rings. The van der Waals surface area contributed by atoms with Gasteiger partial charge in [-0.2, -0.15) is 0 Å². The SMILES string of the molecule is [Co+2].[Nb+5].[O-2].[W]. The largest absolute Gasteiger partial charge is 5.00 e. The van der Waals surface area contributed by atoms with Crippen molar-refractivity contribution >= 4 is 0 Å². The molecule has 0 saturated carbocycles. The van der Waals surface area contributed by atoms with Crippen molar-refractivity contribution in [1.82, 2.24) is 0 Å². The van der Waals surface area contributed by atoms with Gasteiger partial charge in [0.15, 0.2) is 0 Å². The van der Waals surface area contributed by atoms with E-state index in [4.69, 9.17) is 0 Å². The summed E-state index contributed by atoms with van der Waals surface area (Å²) >= 11 is 0. The van der Waals surface area contributed by atoms with Gasteiger partial charge in [0.2, 0.25) is 0 Å². The van der Waals surface area contributed by atoms with Gasteiger partial charge in [-0.15, -0.1) is 0 Å². The Hall–Kier alpha value is 1.90. The molecule has 0 aliphatic rings. The van der Waals surface area contributed by atoms with Gasteiger partial charge in [-0.25, -0.2) is 0 Å². The molecule has 1 nitrogen and oxygen atoms in total. The molecule has 1 radical (unpaired) electrons. The van der Waals surface area contributed by atoms with Crippen molar-refractivity contribution in [2.75, 3.05) is 0 Å². The van der Waals surface area contributed by atoms with Crippen LogP contribution >= 0.6 is 0 Å². The van der Waals surface area contributed by atoms with E-state index in [1.807, 2.05) is 0 Å². The molecule has 0 rings (SSSR count). The third-order valence-corrected chi connectivity index (χ3v) is 0. The molecule has 0 bridgehead atoms. The zero-order valence-electron chi connectivity index (χ0n) is 1.60. The first-order chi connectivity index (χ1) is 0. The fourth-order valence-corrected chi connectivity index (χ4v) is 0. The zero-order chi connectivity index (χ0) is 0. The Balaban J connectivity index is 0. The predicted octanol–water partition coefficient (Wildman–Crippen LogP) is -0.126. The van der Waals surface area contributed by atoms with E-state index in [1.165, 1.54) is 0 Å². The van der Waals surface area contributed by atoms with Crippen LogP contribution in [-0.2, 0) is 65.7 Å². The van der Waals surface area contributed by atoms with E-state index in [0.29, 0.717) is 0 Å². The van der Waals surface area contributed by atoms with E-state index in [1.54, 1.807) is 0 Å². The van der Waals surface area contributed by atoms with E-state index < -0.39 is 0 Å². The van der Waals surface area contributed by atoms with E-state index in [-0.39, 0.29) is 65.7 Å². The third kappa shape index (κ3) is 9.09. The summed E-state index contributed by atoms with van der Waals surface area (Å²) in [6, 6.07) is 0. The van der Waals surface area contributed by atoms with Gasteiger partial charge in [0.25, 0.3) is 0 Å². The summed E-state index contributed by atoms with van der Waals surface area (Å²) in [7, 11) is 0. The molecular weight excluding hydrogens is 352 g/mol. The second-order valence-electron chi connectivity index (χ2n) is 0. The van der Waals surface area contributed by atoms with Crippen molar-refractivity contribution in [3.8, 4) is 0 Å². The number of hydrogen-bond donors (Lipinski definition) is 0. The van der Waals surface area contributed by atoms with Crippen LogP contribution in [0, 0.1) is 0 Å². The monoisotopic (exact) mass is 352 g/mol. The first-order valence-electron chi connectivity index (χ1n) is 0. The molecule has 0 aromatic rings. The van der Waals surface area contributed by atoms with E-state index >= 15 is 0 Å². The van der Waals surface area contributed by atoms with Crippen LogP contribution in [0.2, 0.25) is 0 Å². The smallest absolute Gasteiger partial charge is 2.00 e. The molecule has 4 heteroatoms. The minimum Gasteiger partial charge on any atom is -2.00 e. The van der Waals surface area contributed by atoms with E-state index in [2.05, 4.69) is 0 Å². The topological polar surface area (TPSA) is 28.5 Å². The van der Waals surface area contributed by atoms with Crippen LogP contribution < -0.4 is 0 Å². The Morgan fingerprint density at radius 3 is 1.00 bits per heavy atom. The Bertz CT molecular complexity index is 8.00. The summed E-state index contributed by atoms with van der Waals surface area (Å²) in [6.45, 7) is 0. The van der Waals surface area contributed by atoms with Gasteiger partial charge in [0.1, 0.15) is 0 Å². The first-order valence-corrected chi connectivity index (χ1v) is 0. The maximum Gasteiger partial charge on any atom is 5.00 e. The van der Waals surface area contributed by atoms with Crippen molar-refractivity contribution in [3.05, 3.63) is 0 Å². The standard InChI is InChI=1S/Co.Nb.O.W/q+2;+5;-2;. The van der Waals surface area contributed by atoms with Gasteiger partial charge >= 0.3 is 39.2 Å². The molecule has 0 aliphatic carbocycles. The summed E-state index contributed by atoms with van der Waals surface area (Å²) in [5.74, 6) is 0. The fourth-order valence-electron chi connectivity index (χ4n) is 0. The van der Waals surface area contributed by atoms with Crippen LogP contribution in [0.1, 0.15) is 0 Å². The molecule has 21 valence electrons. The molecular formula is CoNbOW+5. The first kappa shape index (κ1) is 39.3. The Kier molecular flexibility index (Phi) is 203. The van der Waals surface area contributed by atoms with Crippen molar-refractivity contribution < 1.29 is 65.7 Å². The fraction of sp³-hybridized carbons (Fsp3) is 0. The second kappa shape index (κ2) is 20.7. The van der Waals surface area contributed by atoms with Crippen LogP contribution in [0.15, 0.2) is 0 Å². The summed E-state index contributed by atoms with van der Waals surface area (Å²) in [5.41, 5.74) is 0. The molecule has 0 aromatic carbocycles.